The van der Waals surface area contributed by atoms with Crippen molar-refractivity contribution in [2.24, 2.45) is 0 Å². The van der Waals surface area contributed by atoms with Crippen LogP contribution < -0.4 is 0 Å². The molecule has 14 aromatic rings. The molecule has 0 amide bonds. The number of benzene rings is 9. The summed E-state index contributed by atoms with van der Waals surface area (Å²) in [5.41, 5.74) is 10.1. The molecular formula is C56H32N4OS. The lowest BCUT2D eigenvalue weighted by atomic mass is 9.99. The number of nitrogens with zero attached hydrogens (tertiary/aromatic N) is 4. The molecule has 0 spiro atoms. The van der Waals surface area contributed by atoms with Crippen LogP contribution in [0.3, 0.4) is 0 Å². The van der Waals surface area contributed by atoms with Crippen molar-refractivity contribution in [2.45, 2.75) is 0 Å². The molecule has 0 N–H and O–H groups in total. The summed E-state index contributed by atoms with van der Waals surface area (Å²) >= 11 is 1.85. The van der Waals surface area contributed by atoms with E-state index < -0.39 is 0 Å². The highest BCUT2D eigenvalue weighted by atomic mass is 32.1. The number of hydrogen-bond acceptors (Lipinski definition) is 4. The zero-order valence-electron chi connectivity index (χ0n) is 33.1. The highest BCUT2D eigenvalue weighted by Crippen LogP contribution is 2.49. The average Bonchev–Trinajstić information content (AvgIpc) is 4.09. The molecule has 62 heavy (non-hydrogen) atoms. The Kier molecular flexibility index (Phi) is 6.92. The van der Waals surface area contributed by atoms with Crippen LogP contribution in [0.15, 0.2) is 199 Å². The maximum Gasteiger partial charge on any atom is 0.233 e. The lowest BCUT2D eigenvalue weighted by molar-refractivity contribution is 0.653. The molecule has 0 radical (unpaired) electrons. The molecule has 0 aliphatic rings. The monoisotopic (exact) mass is 808 g/mol. The van der Waals surface area contributed by atoms with Crippen molar-refractivity contribution in [1.29, 1.82) is 0 Å². The number of furan rings is 1. The SMILES string of the molecule is c1ccc(-c2cccc(-n3c4ccccc4c4ccc(-c5nc(-n6c7ccccc7c7c8ccccc8c8c9ccccc9sc8c76)c6c(n5)oc5ccccc56)cc43)c2)cc1. The number of para-hydroxylation sites is 3. The van der Waals surface area contributed by atoms with E-state index in [1.807, 2.05) is 23.5 Å². The van der Waals surface area contributed by atoms with Crippen molar-refractivity contribution in [3.8, 4) is 34.0 Å². The summed E-state index contributed by atoms with van der Waals surface area (Å²) in [6.07, 6.45) is 0. The first-order valence-electron chi connectivity index (χ1n) is 20.9. The average molecular weight is 809 g/mol. The Bertz CT molecular complexity index is 4170. The fourth-order valence-corrected chi connectivity index (χ4v) is 11.3. The van der Waals surface area contributed by atoms with Crippen LogP contribution >= 0.6 is 11.3 Å². The maximum atomic E-state index is 6.70. The molecule has 9 aromatic carbocycles. The molecule has 5 nitrogen and oxygen atoms in total. The highest BCUT2D eigenvalue weighted by molar-refractivity contribution is 7.27. The predicted octanol–water partition coefficient (Wildman–Crippen LogP) is 15.4. The molecule has 14 rings (SSSR count). The van der Waals surface area contributed by atoms with E-state index in [1.54, 1.807) is 0 Å². The summed E-state index contributed by atoms with van der Waals surface area (Å²) in [5.74, 6) is 1.40. The molecule has 6 heteroatoms. The molecule has 0 aliphatic heterocycles. The fraction of sp³-hybridized carbons (Fsp3) is 0. The van der Waals surface area contributed by atoms with Gasteiger partial charge in [-0.2, -0.15) is 4.98 Å². The lowest BCUT2D eigenvalue weighted by Crippen LogP contribution is -2.02. The van der Waals surface area contributed by atoms with Crippen LogP contribution in [0.25, 0.3) is 131 Å². The van der Waals surface area contributed by atoms with Crippen molar-refractivity contribution in [1.82, 2.24) is 19.1 Å². The van der Waals surface area contributed by atoms with Gasteiger partial charge in [-0.15, -0.1) is 11.3 Å². The van der Waals surface area contributed by atoms with Crippen molar-refractivity contribution in [3.63, 3.8) is 0 Å². The van der Waals surface area contributed by atoms with Gasteiger partial charge in [0.1, 0.15) is 5.58 Å². The number of aromatic nitrogens is 4. The third-order valence-electron chi connectivity index (χ3n) is 12.7. The Balaban J connectivity index is 1.10. The van der Waals surface area contributed by atoms with Crippen LogP contribution in [-0.4, -0.2) is 19.1 Å². The van der Waals surface area contributed by atoms with Crippen molar-refractivity contribution >= 4 is 108 Å². The first-order valence-corrected chi connectivity index (χ1v) is 21.7. The van der Waals surface area contributed by atoms with Crippen LogP contribution in [0.1, 0.15) is 0 Å². The molecule has 0 aliphatic carbocycles. The van der Waals surface area contributed by atoms with E-state index in [2.05, 4.69) is 191 Å². The minimum Gasteiger partial charge on any atom is -0.437 e. The summed E-state index contributed by atoms with van der Waals surface area (Å²) in [6.45, 7) is 0. The second-order valence-electron chi connectivity index (χ2n) is 16.1. The molecule has 0 saturated carbocycles. The predicted molar refractivity (Wildman–Crippen MR) is 259 cm³/mol. The Morgan fingerprint density at radius 3 is 1.89 bits per heavy atom. The van der Waals surface area contributed by atoms with Gasteiger partial charge in [-0.1, -0.05) is 152 Å². The first kappa shape index (κ1) is 33.7. The van der Waals surface area contributed by atoms with E-state index in [4.69, 9.17) is 14.4 Å². The molecule has 0 fully saturated rings. The molecule has 5 aromatic heterocycles. The van der Waals surface area contributed by atoms with Crippen molar-refractivity contribution in [2.75, 3.05) is 0 Å². The van der Waals surface area contributed by atoms with Gasteiger partial charge in [0, 0.05) is 53.7 Å². The number of rotatable bonds is 4. The van der Waals surface area contributed by atoms with Crippen molar-refractivity contribution in [3.05, 3.63) is 194 Å². The summed E-state index contributed by atoms with van der Waals surface area (Å²) in [6, 6.07) is 69.3. The minimum atomic E-state index is 0.557. The Hall–Kier alpha value is -8.06. The van der Waals surface area contributed by atoms with Gasteiger partial charge in [0.2, 0.25) is 5.71 Å². The number of fused-ring (bicyclic) bond motifs is 16. The van der Waals surface area contributed by atoms with Crippen LogP contribution in [0.2, 0.25) is 0 Å². The van der Waals surface area contributed by atoms with Gasteiger partial charge in [0.15, 0.2) is 11.6 Å². The Morgan fingerprint density at radius 2 is 1.05 bits per heavy atom. The van der Waals surface area contributed by atoms with E-state index in [-0.39, 0.29) is 0 Å². The summed E-state index contributed by atoms with van der Waals surface area (Å²) in [4.78, 5) is 11.0. The number of thiophene rings is 1. The van der Waals surface area contributed by atoms with Gasteiger partial charge in [0.05, 0.1) is 32.2 Å². The topological polar surface area (TPSA) is 48.8 Å². The second kappa shape index (κ2) is 12.7. The van der Waals surface area contributed by atoms with E-state index in [1.165, 1.54) is 63.6 Å². The summed E-state index contributed by atoms with van der Waals surface area (Å²) in [7, 11) is 0. The first-order chi connectivity index (χ1) is 30.8. The summed E-state index contributed by atoms with van der Waals surface area (Å²) in [5, 5.41) is 11.7. The van der Waals surface area contributed by atoms with Crippen molar-refractivity contribution < 1.29 is 4.42 Å². The molecule has 5 heterocycles. The fourth-order valence-electron chi connectivity index (χ4n) is 10.1. The zero-order valence-corrected chi connectivity index (χ0v) is 33.9. The zero-order chi connectivity index (χ0) is 40.5. The van der Waals surface area contributed by atoms with E-state index in [0.29, 0.717) is 11.5 Å². The molecule has 0 unspecified atom stereocenters. The molecule has 0 bridgehead atoms. The number of hydrogen-bond donors (Lipinski definition) is 0. The molecular weight excluding hydrogens is 777 g/mol. The van der Waals surface area contributed by atoms with Gasteiger partial charge in [-0.05, 0) is 64.4 Å². The van der Waals surface area contributed by atoms with Crippen LogP contribution in [-0.2, 0) is 0 Å². The minimum absolute atomic E-state index is 0.557. The second-order valence-corrected chi connectivity index (χ2v) is 17.1. The molecule has 0 atom stereocenters. The van der Waals surface area contributed by atoms with E-state index in [9.17, 15) is 0 Å². The van der Waals surface area contributed by atoms with E-state index >= 15 is 0 Å². The van der Waals surface area contributed by atoms with Gasteiger partial charge >= 0.3 is 0 Å². The van der Waals surface area contributed by atoms with Gasteiger partial charge < -0.3 is 8.98 Å². The summed E-state index contributed by atoms with van der Waals surface area (Å²) < 4.78 is 14.0. The van der Waals surface area contributed by atoms with Crippen LogP contribution in [0.5, 0.6) is 0 Å². The van der Waals surface area contributed by atoms with Crippen LogP contribution in [0, 0.1) is 0 Å². The van der Waals surface area contributed by atoms with Crippen LogP contribution in [0.4, 0.5) is 0 Å². The Labute approximate surface area is 358 Å². The Morgan fingerprint density at radius 1 is 0.403 bits per heavy atom. The van der Waals surface area contributed by atoms with Gasteiger partial charge in [-0.3, -0.25) is 4.57 Å². The standard InChI is InChI=1S/C56H32N4OS/c1-2-15-33(16-3-1)34-17-14-18-36(31-34)59-44-25-10-6-19-37(44)38-30-29-35(32-46(38)59)54-57-55(51-42-23-8-12-27-47(42)61-56(51)58-54)60-45-26-11-7-22-41(45)49-39-20-4-5-21-40(39)50-43-24-9-13-28-48(43)62-53(50)52(49)60/h1-32H. The molecule has 0 saturated heterocycles. The van der Waals surface area contributed by atoms with E-state index in [0.717, 1.165) is 55.5 Å². The molecule has 288 valence electrons. The van der Waals surface area contributed by atoms with Gasteiger partial charge in [-0.25, -0.2) is 4.98 Å². The normalized spacial score (nSPS) is 12.2. The third-order valence-corrected chi connectivity index (χ3v) is 13.9. The maximum absolute atomic E-state index is 6.70. The lowest BCUT2D eigenvalue weighted by Gasteiger charge is -2.13. The van der Waals surface area contributed by atoms with Gasteiger partial charge in [0.25, 0.3) is 0 Å². The third kappa shape index (κ3) is 4.67. The largest absolute Gasteiger partial charge is 0.437 e. The quantitative estimate of drug-likeness (QED) is 0.178. The highest BCUT2D eigenvalue weighted by Gasteiger charge is 2.26. The smallest absolute Gasteiger partial charge is 0.233 e.